The lowest BCUT2D eigenvalue weighted by atomic mass is 9.93. The van der Waals surface area contributed by atoms with Gasteiger partial charge in [-0.1, -0.05) is 38.2 Å². The van der Waals surface area contributed by atoms with Crippen LogP contribution in [0.2, 0.25) is 0 Å². The SMILES string of the molecule is C=C(CC)C(C)CC(C)=C=C(C)C=CC. The lowest BCUT2D eigenvalue weighted by Crippen LogP contribution is -1.97. The Morgan fingerprint density at radius 1 is 1.40 bits per heavy atom. The molecule has 0 heteroatoms. The van der Waals surface area contributed by atoms with Gasteiger partial charge in [-0.25, -0.2) is 0 Å². The van der Waals surface area contributed by atoms with Crippen LogP contribution in [0.4, 0.5) is 0 Å². The topological polar surface area (TPSA) is 0 Å². The molecule has 0 aromatic heterocycles. The van der Waals surface area contributed by atoms with E-state index in [0.717, 1.165) is 12.8 Å². The second kappa shape index (κ2) is 7.31. The van der Waals surface area contributed by atoms with Gasteiger partial charge in [0.25, 0.3) is 0 Å². The van der Waals surface area contributed by atoms with Crippen molar-refractivity contribution in [2.24, 2.45) is 5.92 Å². The Balaban J connectivity index is 4.55. The highest BCUT2D eigenvalue weighted by Crippen LogP contribution is 2.19. The van der Waals surface area contributed by atoms with E-state index < -0.39 is 0 Å². The predicted molar refractivity (Wildman–Crippen MR) is 69.9 cm³/mol. The van der Waals surface area contributed by atoms with Crippen LogP contribution in [0, 0.1) is 5.92 Å². The Morgan fingerprint density at radius 3 is 2.47 bits per heavy atom. The molecule has 0 aliphatic heterocycles. The van der Waals surface area contributed by atoms with Crippen LogP contribution in [-0.2, 0) is 0 Å². The van der Waals surface area contributed by atoms with Crippen molar-refractivity contribution < 1.29 is 0 Å². The molecule has 0 aromatic rings. The summed E-state index contributed by atoms with van der Waals surface area (Å²) < 4.78 is 0. The monoisotopic (exact) mass is 204 g/mol. The van der Waals surface area contributed by atoms with Crippen molar-refractivity contribution in [2.75, 3.05) is 0 Å². The maximum Gasteiger partial charge on any atom is -0.00953 e. The van der Waals surface area contributed by atoms with Gasteiger partial charge in [0.15, 0.2) is 0 Å². The molecule has 0 aromatic carbocycles. The first-order valence-electron chi connectivity index (χ1n) is 5.74. The van der Waals surface area contributed by atoms with Crippen LogP contribution in [0.15, 0.2) is 41.2 Å². The summed E-state index contributed by atoms with van der Waals surface area (Å²) in [5.74, 6) is 0.570. The zero-order valence-electron chi connectivity index (χ0n) is 10.9. The lowest BCUT2D eigenvalue weighted by Gasteiger charge is -2.12. The fourth-order valence-electron chi connectivity index (χ4n) is 1.63. The number of allylic oxidation sites excluding steroid dienone is 4. The molecule has 0 N–H and O–H groups in total. The van der Waals surface area contributed by atoms with E-state index in [0.29, 0.717) is 5.92 Å². The van der Waals surface area contributed by atoms with Gasteiger partial charge in [0.05, 0.1) is 0 Å². The number of hydrogen-bond acceptors (Lipinski definition) is 0. The van der Waals surface area contributed by atoms with Gasteiger partial charge in [-0.05, 0) is 50.7 Å². The third kappa shape index (κ3) is 6.14. The summed E-state index contributed by atoms with van der Waals surface area (Å²) in [6, 6.07) is 0. The van der Waals surface area contributed by atoms with Gasteiger partial charge in [-0.3, -0.25) is 0 Å². The maximum absolute atomic E-state index is 4.08. The van der Waals surface area contributed by atoms with Crippen molar-refractivity contribution in [1.29, 1.82) is 0 Å². The minimum absolute atomic E-state index is 0.570. The van der Waals surface area contributed by atoms with E-state index >= 15 is 0 Å². The normalized spacial score (nSPS) is 12.3. The molecule has 0 aliphatic rings. The summed E-state index contributed by atoms with van der Waals surface area (Å²) in [5, 5.41) is 0. The lowest BCUT2D eigenvalue weighted by molar-refractivity contribution is 0.652. The molecule has 0 amide bonds. The molecular formula is C15H24. The molecule has 0 radical (unpaired) electrons. The highest BCUT2D eigenvalue weighted by Gasteiger charge is 2.04. The first-order chi connectivity index (χ1) is 7.01. The Labute approximate surface area is 95.1 Å². The van der Waals surface area contributed by atoms with Crippen molar-refractivity contribution in [3.63, 3.8) is 0 Å². The van der Waals surface area contributed by atoms with Crippen LogP contribution in [-0.4, -0.2) is 0 Å². The first kappa shape index (κ1) is 14.0. The summed E-state index contributed by atoms with van der Waals surface area (Å²) in [6.45, 7) is 14.7. The fraction of sp³-hybridized carbons (Fsp3) is 0.533. The van der Waals surface area contributed by atoms with Crippen molar-refractivity contribution in [3.05, 3.63) is 41.2 Å². The molecule has 15 heavy (non-hydrogen) atoms. The molecule has 0 spiro atoms. The maximum atomic E-state index is 4.08. The largest absolute Gasteiger partial charge is 0.119 e. The van der Waals surface area contributed by atoms with E-state index in [2.05, 4.69) is 46.1 Å². The van der Waals surface area contributed by atoms with Crippen molar-refractivity contribution in [3.8, 4) is 0 Å². The highest BCUT2D eigenvalue weighted by molar-refractivity contribution is 5.18. The standard InChI is InChI=1S/C15H24/c1-7-9-12(3)10-13(4)11-15(6)14(5)8-2/h7,9,15H,5,8,11H2,1-4,6H3. The molecule has 0 bridgehead atoms. The number of rotatable bonds is 5. The van der Waals surface area contributed by atoms with E-state index in [-0.39, 0.29) is 0 Å². The third-order valence-electron chi connectivity index (χ3n) is 2.59. The summed E-state index contributed by atoms with van der Waals surface area (Å²) in [7, 11) is 0. The van der Waals surface area contributed by atoms with Gasteiger partial charge in [0.2, 0.25) is 0 Å². The second-order valence-electron chi connectivity index (χ2n) is 4.21. The molecule has 0 nitrogen and oxygen atoms in total. The minimum Gasteiger partial charge on any atom is -0.119 e. The molecule has 0 saturated heterocycles. The summed E-state index contributed by atoms with van der Waals surface area (Å²) in [6.07, 6.45) is 6.28. The van der Waals surface area contributed by atoms with E-state index in [4.69, 9.17) is 0 Å². The molecule has 0 fully saturated rings. The van der Waals surface area contributed by atoms with Gasteiger partial charge >= 0.3 is 0 Å². The van der Waals surface area contributed by atoms with Crippen molar-refractivity contribution in [1.82, 2.24) is 0 Å². The molecule has 0 saturated carbocycles. The van der Waals surface area contributed by atoms with Gasteiger partial charge in [0.1, 0.15) is 0 Å². The molecule has 84 valence electrons. The quantitative estimate of drug-likeness (QED) is 0.334. The van der Waals surface area contributed by atoms with Crippen LogP contribution in [0.1, 0.15) is 47.5 Å². The molecule has 0 aliphatic carbocycles. The Kier molecular flexibility index (Phi) is 6.83. The molecular weight excluding hydrogens is 180 g/mol. The van der Waals surface area contributed by atoms with Crippen LogP contribution in [0.5, 0.6) is 0 Å². The van der Waals surface area contributed by atoms with E-state index in [1.165, 1.54) is 16.7 Å². The molecule has 1 unspecified atom stereocenters. The summed E-state index contributed by atoms with van der Waals surface area (Å²) in [5.41, 5.74) is 7.24. The van der Waals surface area contributed by atoms with Crippen molar-refractivity contribution in [2.45, 2.75) is 47.5 Å². The third-order valence-corrected chi connectivity index (χ3v) is 2.59. The van der Waals surface area contributed by atoms with Gasteiger partial charge in [-0.2, -0.15) is 0 Å². The van der Waals surface area contributed by atoms with Crippen LogP contribution >= 0.6 is 0 Å². The molecule has 0 rings (SSSR count). The zero-order chi connectivity index (χ0) is 11.8. The van der Waals surface area contributed by atoms with Crippen LogP contribution in [0.3, 0.4) is 0 Å². The predicted octanol–water partition coefficient (Wildman–Crippen LogP) is 5.05. The summed E-state index contributed by atoms with van der Waals surface area (Å²) >= 11 is 0. The Morgan fingerprint density at radius 2 is 2.00 bits per heavy atom. The smallest absolute Gasteiger partial charge is 0.00953 e. The van der Waals surface area contributed by atoms with E-state index in [1.807, 2.05) is 13.0 Å². The fourth-order valence-corrected chi connectivity index (χ4v) is 1.63. The minimum atomic E-state index is 0.570. The summed E-state index contributed by atoms with van der Waals surface area (Å²) in [4.78, 5) is 0. The van der Waals surface area contributed by atoms with Crippen LogP contribution < -0.4 is 0 Å². The second-order valence-corrected chi connectivity index (χ2v) is 4.21. The van der Waals surface area contributed by atoms with Gasteiger partial charge in [0, 0.05) is 0 Å². The van der Waals surface area contributed by atoms with E-state index in [9.17, 15) is 0 Å². The average Bonchev–Trinajstić information content (AvgIpc) is 2.16. The van der Waals surface area contributed by atoms with Crippen molar-refractivity contribution >= 4 is 0 Å². The van der Waals surface area contributed by atoms with Gasteiger partial charge < -0.3 is 0 Å². The average molecular weight is 204 g/mol. The van der Waals surface area contributed by atoms with Crippen LogP contribution in [0.25, 0.3) is 0 Å². The first-order valence-corrected chi connectivity index (χ1v) is 5.74. The molecule has 0 heterocycles. The zero-order valence-corrected chi connectivity index (χ0v) is 10.9. The Hall–Kier alpha value is -1.00. The highest BCUT2D eigenvalue weighted by atomic mass is 14.1. The van der Waals surface area contributed by atoms with Gasteiger partial charge in [-0.15, -0.1) is 5.73 Å². The van der Waals surface area contributed by atoms with E-state index in [1.54, 1.807) is 0 Å². The molecule has 1 atom stereocenters. The Bertz CT molecular complexity index is 296. The number of hydrogen-bond donors (Lipinski definition) is 0.